The smallest absolute Gasteiger partial charge is 0.276 e. The molecule has 0 atom stereocenters. The molecular weight excluding hydrogens is 365 g/mol. The van der Waals surface area contributed by atoms with Crippen LogP contribution in [0, 0.1) is 17.1 Å². The molecule has 2 aromatic heterocycles. The third-order valence-electron chi connectivity index (χ3n) is 4.01. The zero-order chi connectivity index (χ0) is 20.3. The lowest BCUT2D eigenvalue weighted by Gasteiger charge is -2.14. The van der Waals surface area contributed by atoms with Crippen LogP contribution in [-0.2, 0) is 6.42 Å². The standard InChI is InChI=1S/C19H14FN5O3/c1-2-12-7-13(19(27)28)16(8-14(12)20)22-18(26)15-3-4-17(24-23-15)25-6-5-11(9-21)10-25/h3-8,10H,2H2,1H3,(H,22,26)(H,27,28)/p-1. The van der Waals surface area contributed by atoms with Crippen LogP contribution in [0.25, 0.3) is 5.82 Å². The van der Waals surface area contributed by atoms with Gasteiger partial charge in [-0.1, -0.05) is 6.92 Å². The van der Waals surface area contributed by atoms with Crippen molar-refractivity contribution in [3.8, 4) is 11.9 Å². The van der Waals surface area contributed by atoms with Crippen LogP contribution in [0.4, 0.5) is 10.1 Å². The summed E-state index contributed by atoms with van der Waals surface area (Å²) in [5.41, 5.74) is -0.0105. The van der Waals surface area contributed by atoms with Crippen LogP contribution in [0.2, 0.25) is 0 Å². The van der Waals surface area contributed by atoms with E-state index in [1.54, 1.807) is 30.0 Å². The topological polar surface area (TPSA) is 124 Å². The monoisotopic (exact) mass is 378 g/mol. The van der Waals surface area contributed by atoms with Gasteiger partial charge in [-0.05, 0) is 42.3 Å². The quantitative estimate of drug-likeness (QED) is 0.717. The minimum absolute atomic E-state index is 0.0966. The van der Waals surface area contributed by atoms with Gasteiger partial charge in [-0.25, -0.2) is 4.39 Å². The molecule has 0 aliphatic heterocycles. The summed E-state index contributed by atoms with van der Waals surface area (Å²) < 4.78 is 15.6. The number of aromatic nitrogens is 3. The second kappa shape index (κ2) is 7.67. The van der Waals surface area contributed by atoms with Gasteiger partial charge in [0.25, 0.3) is 5.91 Å². The number of hydrogen-bond donors (Lipinski definition) is 1. The maximum atomic E-state index is 14.0. The summed E-state index contributed by atoms with van der Waals surface area (Å²) in [5.74, 6) is -2.54. The molecule has 0 saturated heterocycles. The molecule has 2 heterocycles. The van der Waals surface area contributed by atoms with E-state index < -0.39 is 17.7 Å². The predicted molar refractivity (Wildman–Crippen MR) is 94.1 cm³/mol. The van der Waals surface area contributed by atoms with Crippen molar-refractivity contribution in [3.05, 3.63) is 70.9 Å². The summed E-state index contributed by atoms with van der Waals surface area (Å²) in [7, 11) is 0. The third-order valence-corrected chi connectivity index (χ3v) is 4.01. The van der Waals surface area contributed by atoms with Gasteiger partial charge in [-0.3, -0.25) is 4.79 Å². The largest absolute Gasteiger partial charge is 0.545 e. The van der Waals surface area contributed by atoms with E-state index in [1.165, 1.54) is 12.1 Å². The first-order valence-electron chi connectivity index (χ1n) is 8.20. The van der Waals surface area contributed by atoms with Crippen molar-refractivity contribution in [1.82, 2.24) is 14.8 Å². The number of amides is 1. The number of carboxylic acids is 1. The summed E-state index contributed by atoms with van der Waals surface area (Å²) in [4.78, 5) is 23.7. The summed E-state index contributed by atoms with van der Waals surface area (Å²) in [6.45, 7) is 1.68. The van der Waals surface area contributed by atoms with E-state index in [4.69, 9.17) is 5.26 Å². The minimum atomic E-state index is -1.53. The molecule has 0 aliphatic rings. The van der Waals surface area contributed by atoms with Crippen LogP contribution in [0.5, 0.6) is 0 Å². The van der Waals surface area contributed by atoms with Gasteiger partial charge >= 0.3 is 0 Å². The number of carboxylic acid groups (broad SMARTS) is 1. The van der Waals surface area contributed by atoms with Crippen LogP contribution in [0.1, 0.15) is 38.9 Å². The number of aromatic carboxylic acids is 1. The molecule has 28 heavy (non-hydrogen) atoms. The van der Waals surface area contributed by atoms with Gasteiger partial charge in [-0.2, -0.15) is 5.26 Å². The Bertz CT molecular complexity index is 1100. The van der Waals surface area contributed by atoms with Crippen LogP contribution < -0.4 is 10.4 Å². The molecule has 0 fully saturated rings. The predicted octanol–water partition coefficient (Wildman–Crippen LogP) is 1.46. The van der Waals surface area contributed by atoms with Gasteiger partial charge in [0.05, 0.1) is 17.2 Å². The van der Waals surface area contributed by atoms with Gasteiger partial charge in [0, 0.05) is 18.0 Å². The van der Waals surface area contributed by atoms with E-state index in [0.29, 0.717) is 17.8 Å². The van der Waals surface area contributed by atoms with Crippen molar-refractivity contribution in [3.63, 3.8) is 0 Å². The molecule has 0 radical (unpaired) electrons. The molecule has 0 spiro atoms. The molecule has 0 unspecified atom stereocenters. The van der Waals surface area contributed by atoms with Crippen molar-refractivity contribution in [2.24, 2.45) is 0 Å². The molecule has 1 amide bonds. The van der Waals surface area contributed by atoms with Crippen LogP contribution in [0.3, 0.4) is 0 Å². The van der Waals surface area contributed by atoms with Gasteiger partial charge in [0.15, 0.2) is 11.5 Å². The van der Waals surface area contributed by atoms with E-state index in [-0.39, 0.29) is 22.5 Å². The Morgan fingerprint density at radius 1 is 1.29 bits per heavy atom. The number of halogens is 1. The molecule has 9 heteroatoms. The van der Waals surface area contributed by atoms with Gasteiger partial charge in [0.2, 0.25) is 0 Å². The summed E-state index contributed by atoms with van der Waals surface area (Å²) in [6, 6.07) is 8.53. The fraction of sp³-hybridized carbons (Fsp3) is 0.105. The number of carbonyl (C=O) groups excluding carboxylic acids is 2. The Morgan fingerprint density at radius 2 is 2.07 bits per heavy atom. The number of anilines is 1. The number of nitriles is 1. The Morgan fingerprint density at radius 3 is 2.64 bits per heavy atom. The van der Waals surface area contributed by atoms with Crippen LogP contribution >= 0.6 is 0 Å². The molecule has 1 aromatic carbocycles. The highest BCUT2D eigenvalue weighted by atomic mass is 19.1. The Hall–Kier alpha value is -4.06. The Kier molecular flexibility index (Phi) is 5.13. The van der Waals surface area contributed by atoms with Crippen molar-refractivity contribution in [2.75, 3.05) is 5.32 Å². The van der Waals surface area contributed by atoms with Crippen LogP contribution in [-0.4, -0.2) is 26.6 Å². The number of nitrogens with zero attached hydrogens (tertiary/aromatic N) is 4. The fourth-order valence-electron chi connectivity index (χ4n) is 2.54. The Labute approximate surface area is 158 Å². The average Bonchev–Trinajstić information content (AvgIpc) is 3.17. The highest BCUT2D eigenvalue weighted by molar-refractivity contribution is 6.06. The van der Waals surface area contributed by atoms with Crippen molar-refractivity contribution in [2.45, 2.75) is 13.3 Å². The molecule has 8 nitrogen and oxygen atoms in total. The molecule has 0 aliphatic carbocycles. The van der Waals surface area contributed by atoms with Gasteiger partial charge in [-0.15, -0.1) is 10.2 Å². The highest BCUT2D eigenvalue weighted by Gasteiger charge is 2.15. The lowest BCUT2D eigenvalue weighted by Crippen LogP contribution is -2.25. The Balaban J connectivity index is 1.84. The minimum Gasteiger partial charge on any atom is -0.545 e. The van der Waals surface area contributed by atoms with E-state index in [1.807, 2.05) is 6.07 Å². The van der Waals surface area contributed by atoms with E-state index in [2.05, 4.69) is 15.5 Å². The average molecular weight is 378 g/mol. The first-order chi connectivity index (χ1) is 13.4. The number of rotatable bonds is 5. The number of nitrogens with one attached hydrogen (secondary N) is 1. The fourth-order valence-corrected chi connectivity index (χ4v) is 2.54. The molecule has 1 N–H and O–H groups in total. The SMILES string of the molecule is CCc1cc(C(=O)[O-])c(NC(=O)c2ccc(-n3ccc(C#N)c3)nn2)cc1F. The number of carbonyl (C=O) groups is 2. The van der Waals surface area contributed by atoms with Crippen LogP contribution in [0.15, 0.2) is 42.7 Å². The molecule has 0 saturated carbocycles. The lowest BCUT2D eigenvalue weighted by molar-refractivity contribution is -0.254. The maximum absolute atomic E-state index is 14.0. The maximum Gasteiger partial charge on any atom is 0.276 e. The number of benzene rings is 1. The summed E-state index contributed by atoms with van der Waals surface area (Å²) in [6.07, 6.45) is 3.46. The first kappa shape index (κ1) is 18.7. The second-order valence-corrected chi connectivity index (χ2v) is 5.78. The highest BCUT2D eigenvalue weighted by Crippen LogP contribution is 2.21. The van der Waals surface area contributed by atoms with Crippen molar-refractivity contribution in [1.29, 1.82) is 5.26 Å². The lowest BCUT2D eigenvalue weighted by atomic mass is 10.1. The zero-order valence-electron chi connectivity index (χ0n) is 14.6. The zero-order valence-corrected chi connectivity index (χ0v) is 14.6. The number of aryl methyl sites for hydroxylation is 1. The molecule has 0 bridgehead atoms. The third kappa shape index (κ3) is 3.71. The first-order valence-corrected chi connectivity index (χ1v) is 8.20. The molecule has 3 aromatic rings. The molecule has 140 valence electrons. The second-order valence-electron chi connectivity index (χ2n) is 5.78. The molecule has 3 rings (SSSR count). The molecular formula is C19H13FN5O3-. The summed E-state index contributed by atoms with van der Waals surface area (Å²) in [5, 5.41) is 30.2. The van der Waals surface area contributed by atoms with E-state index in [0.717, 1.165) is 12.1 Å². The van der Waals surface area contributed by atoms with Crippen molar-refractivity contribution >= 4 is 17.6 Å². The van der Waals surface area contributed by atoms with Gasteiger partial charge in [0.1, 0.15) is 11.9 Å². The van der Waals surface area contributed by atoms with E-state index >= 15 is 0 Å². The normalized spacial score (nSPS) is 10.3. The number of hydrogen-bond acceptors (Lipinski definition) is 6. The summed E-state index contributed by atoms with van der Waals surface area (Å²) >= 11 is 0. The van der Waals surface area contributed by atoms with E-state index in [9.17, 15) is 19.1 Å². The van der Waals surface area contributed by atoms with Crippen molar-refractivity contribution < 1.29 is 19.1 Å². The van der Waals surface area contributed by atoms with Gasteiger partial charge < -0.3 is 19.8 Å².